The zero-order valence-electron chi connectivity index (χ0n) is 20.7. The number of ether oxygens (including phenoxy) is 2. The van der Waals surface area contributed by atoms with Crippen molar-refractivity contribution in [2.45, 2.75) is 24.1 Å². The Morgan fingerprint density at radius 2 is 1.82 bits per heavy atom. The van der Waals surface area contributed by atoms with Crippen LogP contribution in [0, 0.1) is 11.6 Å². The summed E-state index contributed by atoms with van der Waals surface area (Å²) < 4.78 is 107. The third kappa shape index (κ3) is 6.33. The Kier molecular flexibility index (Phi) is 8.00. The number of hydrogen-bond acceptors (Lipinski definition) is 6. The van der Waals surface area contributed by atoms with Crippen LogP contribution in [0.3, 0.4) is 0 Å². The highest BCUT2D eigenvalue weighted by molar-refractivity contribution is 7.92. The van der Waals surface area contributed by atoms with E-state index in [9.17, 15) is 40.0 Å². The Balaban J connectivity index is 1.74. The zero-order chi connectivity index (χ0) is 29.2. The van der Waals surface area contributed by atoms with Crippen molar-refractivity contribution in [1.82, 2.24) is 5.32 Å². The van der Waals surface area contributed by atoms with Gasteiger partial charge in [0, 0.05) is 12.5 Å². The van der Waals surface area contributed by atoms with Crippen molar-refractivity contribution in [3.05, 3.63) is 77.9 Å². The number of carbonyl (C=O) groups excluding carboxylic acids is 2. The van der Waals surface area contributed by atoms with Gasteiger partial charge in [-0.2, -0.15) is 13.2 Å². The summed E-state index contributed by atoms with van der Waals surface area (Å²) in [6.45, 7) is -0.203. The lowest BCUT2D eigenvalue weighted by molar-refractivity contribution is -0.146. The first kappa shape index (κ1) is 28.8. The summed E-state index contributed by atoms with van der Waals surface area (Å²) in [7, 11) is -4.66. The van der Waals surface area contributed by atoms with Crippen LogP contribution in [-0.2, 0) is 30.5 Å². The molecule has 0 spiro atoms. The topological polar surface area (TPSA) is 102 Å². The van der Waals surface area contributed by atoms with Crippen LogP contribution in [0.2, 0.25) is 0 Å². The molecule has 14 heteroatoms. The van der Waals surface area contributed by atoms with Crippen LogP contribution in [0.4, 0.5) is 27.6 Å². The second-order valence-electron chi connectivity index (χ2n) is 8.69. The van der Waals surface area contributed by atoms with E-state index in [1.54, 1.807) is 0 Å². The van der Waals surface area contributed by atoms with Crippen LogP contribution >= 0.6 is 0 Å². The molecular formula is C26H21F5N2O6S. The number of carbonyl (C=O) groups is 2. The summed E-state index contributed by atoms with van der Waals surface area (Å²) in [5, 5.41) is 2.43. The van der Waals surface area contributed by atoms with E-state index in [0.29, 0.717) is 6.07 Å². The molecule has 0 saturated carbocycles. The van der Waals surface area contributed by atoms with Gasteiger partial charge in [0.1, 0.15) is 23.5 Å². The molecule has 0 saturated heterocycles. The number of esters is 1. The first-order valence-electron chi connectivity index (χ1n) is 11.6. The summed E-state index contributed by atoms with van der Waals surface area (Å²) in [6.07, 6.45) is -5.84. The molecule has 0 aliphatic carbocycles. The largest absolute Gasteiger partial charge is 0.484 e. The molecule has 40 heavy (non-hydrogen) atoms. The second-order valence-corrected chi connectivity index (χ2v) is 10.6. The van der Waals surface area contributed by atoms with Gasteiger partial charge in [0.2, 0.25) is 0 Å². The normalized spacial score (nSPS) is 15.2. The molecule has 0 bridgehead atoms. The van der Waals surface area contributed by atoms with Gasteiger partial charge in [-0.15, -0.1) is 0 Å². The SMILES string of the molecule is CC(=O)OCC(=O)NC[C@H]1CN(S(=O)(=O)c2cccc(C(F)(F)F)c2)c2cc(-c3cc(F)ccc3F)ccc2O1. The lowest BCUT2D eigenvalue weighted by atomic mass is 10.0. The van der Waals surface area contributed by atoms with Crippen molar-refractivity contribution >= 4 is 27.6 Å². The molecular weight excluding hydrogens is 563 g/mol. The number of nitrogens with one attached hydrogen (secondary N) is 1. The Hall–Kier alpha value is -4.20. The lowest BCUT2D eigenvalue weighted by Gasteiger charge is -2.36. The van der Waals surface area contributed by atoms with Crippen molar-refractivity contribution in [3.8, 4) is 16.9 Å². The van der Waals surface area contributed by atoms with E-state index < -0.39 is 69.4 Å². The smallest absolute Gasteiger partial charge is 0.416 e. The molecule has 1 aliphatic rings. The molecule has 1 atom stereocenters. The van der Waals surface area contributed by atoms with Crippen molar-refractivity contribution < 1.29 is 49.4 Å². The molecule has 8 nitrogen and oxygen atoms in total. The van der Waals surface area contributed by atoms with Crippen LogP contribution in [0.25, 0.3) is 11.1 Å². The van der Waals surface area contributed by atoms with E-state index in [1.807, 2.05) is 0 Å². The minimum atomic E-state index is -4.81. The average molecular weight is 585 g/mol. The Bertz CT molecular complexity index is 1560. The van der Waals surface area contributed by atoms with Gasteiger partial charge >= 0.3 is 12.1 Å². The number of alkyl halides is 3. The second kappa shape index (κ2) is 11.1. The van der Waals surface area contributed by atoms with Crippen LogP contribution in [0.5, 0.6) is 5.75 Å². The molecule has 1 heterocycles. The lowest BCUT2D eigenvalue weighted by Crippen LogP contribution is -2.48. The number of fused-ring (bicyclic) bond motifs is 1. The monoisotopic (exact) mass is 584 g/mol. The van der Waals surface area contributed by atoms with Crippen molar-refractivity contribution in [1.29, 1.82) is 0 Å². The number of amides is 1. The van der Waals surface area contributed by atoms with Crippen molar-refractivity contribution in [3.63, 3.8) is 0 Å². The van der Waals surface area contributed by atoms with Gasteiger partial charge in [0.05, 0.1) is 29.2 Å². The van der Waals surface area contributed by atoms with Gasteiger partial charge < -0.3 is 14.8 Å². The van der Waals surface area contributed by atoms with E-state index in [4.69, 9.17) is 4.74 Å². The standard InChI is InChI=1S/C26H21F5N2O6S/c1-15(34)38-14-25(35)32-12-19-13-33(40(36,37)20-4-2-3-17(10-20)26(29,30)31)23-9-16(5-8-24(23)39-19)21-11-18(27)6-7-22(21)28/h2-11,19H,12-14H2,1H3,(H,32,35)/t19-/m0/s1. The molecule has 4 rings (SSSR count). The fourth-order valence-electron chi connectivity index (χ4n) is 3.94. The van der Waals surface area contributed by atoms with Crippen LogP contribution < -0.4 is 14.4 Å². The van der Waals surface area contributed by atoms with Gasteiger partial charge in [0.25, 0.3) is 15.9 Å². The molecule has 3 aromatic rings. The molecule has 1 N–H and O–H groups in total. The number of sulfonamides is 1. The molecule has 0 radical (unpaired) electrons. The first-order chi connectivity index (χ1) is 18.8. The van der Waals surface area contributed by atoms with Crippen LogP contribution in [0.15, 0.2) is 65.6 Å². The molecule has 1 aliphatic heterocycles. The summed E-state index contributed by atoms with van der Waals surface area (Å²) in [5.41, 5.74) is -1.43. The van der Waals surface area contributed by atoms with E-state index in [2.05, 4.69) is 10.1 Å². The predicted octanol–water partition coefficient (Wildman–Crippen LogP) is 4.29. The van der Waals surface area contributed by atoms with E-state index in [1.165, 1.54) is 18.2 Å². The summed E-state index contributed by atoms with van der Waals surface area (Å²) in [4.78, 5) is 22.2. The van der Waals surface area contributed by atoms with Gasteiger partial charge in [-0.1, -0.05) is 12.1 Å². The maximum Gasteiger partial charge on any atom is 0.416 e. The van der Waals surface area contributed by atoms with Gasteiger partial charge in [0.15, 0.2) is 6.61 Å². The van der Waals surface area contributed by atoms with Crippen LogP contribution in [-0.4, -0.2) is 46.1 Å². The Morgan fingerprint density at radius 1 is 1.07 bits per heavy atom. The fourth-order valence-corrected chi connectivity index (χ4v) is 5.48. The maximum absolute atomic E-state index is 14.5. The summed E-state index contributed by atoms with van der Waals surface area (Å²) >= 11 is 0. The molecule has 0 unspecified atom stereocenters. The zero-order valence-corrected chi connectivity index (χ0v) is 21.5. The quantitative estimate of drug-likeness (QED) is 0.329. The van der Waals surface area contributed by atoms with Gasteiger partial charge in [-0.05, 0) is 54.1 Å². The van der Waals surface area contributed by atoms with E-state index in [0.717, 1.165) is 47.6 Å². The number of hydrogen-bond donors (Lipinski definition) is 1. The third-order valence-electron chi connectivity index (χ3n) is 5.81. The number of halogens is 5. The molecule has 0 aromatic heterocycles. The first-order valence-corrected chi connectivity index (χ1v) is 13.1. The highest BCUT2D eigenvalue weighted by atomic mass is 32.2. The summed E-state index contributed by atoms with van der Waals surface area (Å²) in [6, 6.07) is 9.73. The number of anilines is 1. The highest BCUT2D eigenvalue weighted by Crippen LogP contribution is 2.41. The molecule has 3 aromatic carbocycles. The summed E-state index contributed by atoms with van der Waals surface area (Å²) in [5.74, 6) is -2.97. The van der Waals surface area contributed by atoms with Gasteiger partial charge in [-0.3, -0.25) is 13.9 Å². The van der Waals surface area contributed by atoms with Gasteiger partial charge in [-0.25, -0.2) is 17.2 Å². The maximum atomic E-state index is 14.5. The molecule has 1 amide bonds. The average Bonchev–Trinajstić information content (AvgIpc) is 2.90. The Labute approximate surface area is 225 Å². The number of benzene rings is 3. The number of rotatable bonds is 7. The predicted molar refractivity (Wildman–Crippen MR) is 132 cm³/mol. The van der Waals surface area contributed by atoms with Crippen molar-refractivity contribution in [2.75, 3.05) is 24.0 Å². The van der Waals surface area contributed by atoms with E-state index in [-0.39, 0.29) is 29.1 Å². The Morgan fingerprint density at radius 3 is 2.52 bits per heavy atom. The fraction of sp³-hybridized carbons (Fsp3) is 0.231. The highest BCUT2D eigenvalue weighted by Gasteiger charge is 2.37. The van der Waals surface area contributed by atoms with E-state index >= 15 is 0 Å². The number of nitrogens with zero attached hydrogens (tertiary/aromatic N) is 1. The molecule has 212 valence electrons. The van der Waals surface area contributed by atoms with Crippen molar-refractivity contribution in [2.24, 2.45) is 0 Å². The third-order valence-corrected chi connectivity index (χ3v) is 7.59. The minimum absolute atomic E-state index is 0.0402. The van der Waals surface area contributed by atoms with Crippen LogP contribution in [0.1, 0.15) is 12.5 Å². The molecule has 0 fully saturated rings. The minimum Gasteiger partial charge on any atom is -0.484 e.